The number of carbonyl (C=O) groups is 2. The van der Waals surface area contributed by atoms with Crippen LogP contribution in [0.5, 0.6) is 0 Å². The number of rotatable bonds is 3. The Morgan fingerprint density at radius 2 is 1.89 bits per heavy atom. The predicted octanol–water partition coefficient (Wildman–Crippen LogP) is 2.43. The van der Waals surface area contributed by atoms with Crippen molar-refractivity contribution >= 4 is 11.9 Å². The van der Waals surface area contributed by atoms with Crippen LogP contribution in [0.3, 0.4) is 0 Å². The maximum atomic E-state index is 13.3. The number of urea groups is 1. The number of nitrogens with zero attached hydrogens (tertiary/aromatic N) is 4. The molecule has 0 aromatic carbocycles. The summed E-state index contributed by atoms with van der Waals surface area (Å²) in [6.07, 6.45) is -6.93. The molecule has 0 radical (unpaired) electrons. The normalized spacial score (nSPS) is 26.7. The average Bonchev–Trinajstić information content (AvgIpc) is 3.08. The van der Waals surface area contributed by atoms with Crippen molar-refractivity contribution in [3.63, 3.8) is 0 Å². The van der Waals surface area contributed by atoms with Crippen LogP contribution in [0.4, 0.5) is 31.1 Å². The van der Waals surface area contributed by atoms with E-state index in [4.69, 9.17) is 4.74 Å². The van der Waals surface area contributed by atoms with Gasteiger partial charge in [0, 0.05) is 43.4 Å². The molecule has 1 saturated carbocycles. The molecule has 14 heteroatoms. The number of amides is 3. The van der Waals surface area contributed by atoms with E-state index in [1.807, 2.05) is 0 Å². The summed E-state index contributed by atoms with van der Waals surface area (Å²) in [4.78, 5) is 27.8. The van der Waals surface area contributed by atoms with Gasteiger partial charge in [-0.15, -0.1) is 0 Å². The molecule has 3 amide bonds. The monoisotopic (exact) mass is 509 g/mol. The van der Waals surface area contributed by atoms with Gasteiger partial charge in [0.05, 0.1) is 12.1 Å². The third-order valence-corrected chi connectivity index (χ3v) is 7.32. The summed E-state index contributed by atoms with van der Waals surface area (Å²) in [5.74, 6) is -0.316. The van der Waals surface area contributed by atoms with Gasteiger partial charge in [-0.1, -0.05) is 0 Å². The second-order valence-corrected chi connectivity index (χ2v) is 10.2. The zero-order valence-electron chi connectivity index (χ0n) is 18.7. The van der Waals surface area contributed by atoms with Crippen molar-refractivity contribution in [2.24, 2.45) is 11.3 Å². The topological polar surface area (TPSA) is 79.7 Å². The zero-order valence-corrected chi connectivity index (χ0v) is 18.7. The second kappa shape index (κ2) is 8.27. The minimum atomic E-state index is -4.83. The molecule has 3 saturated heterocycles. The van der Waals surface area contributed by atoms with Gasteiger partial charge in [0.1, 0.15) is 13.2 Å². The van der Waals surface area contributed by atoms with Crippen LogP contribution in [0.2, 0.25) is 0 Å². The Hall–Kier alpha value is -2.51. The maximum Gasteiger partial charge on any atom is 0.435 e. The van der Waals surface area contributed by atoms with Gasteiger partial charge in [-0.3, -0.25) is 9.48 Å². The van der Waals surface area contributed by atoms with E-state index in [-0.39, 0.29) is 54.0 Å². The first kappa shape index (κ1) is 24.2. The average molecular weight is 509 g/mol. The molecule has 3 aliphatic heterocycles. The Labute approximate surface area is 196 Å². The number of carbonyl (C=O) groups excluding carboxylic acids is 2. The van der Waals surface area contributed by atoms with Crippen LogP contribution in [-0.2, 0) is 28.7 Å². The highest BCUT2D eigenvalue weighted by Crippen LogP contribution is 2.53. The number of fused-ring (bicyclic) bond motifs is 1. The lowest BCUT2D eigenvalue weighted by atomic mass is 9.56. The number of hydrogen-bond donors (Lipinski definition) is 1. The number of nitrogens with one attached hydrogen (secondary N) is 1. The third-order valence-electron chi connectivity index (χ3n) is 7.32. The molecule has 1 aromatic rings. The van der Waals surface area contributed by atoms with E-state index in [1.165, 1.54) is 0 Å². The van der Waals surface area contributed by atoms with Crippen molar-refractivity contribution < 1.29 is 40.7 Å². The molecule has 5 rings (SSSR count). The summed E-state index contributed by atoms with van der Waals surface area (Å²) in [6.45, 7) is 0.326. The summed E-state index contributed by atoms with van der Waals surface area (Å²) in [5.41, 5.74) is -1.65. The number of piperidine rings is 1. The number of hydrogen-bond acceptors (Lipinski definition) is 4. The standard InChI is InChI=1S/C21H25F6N5O3/c22-20(23,24)11-32-6-13(17(29-32)21(25,26)27)3-12-4-19(5-12)9-31(10-19)18(34)30-2-1-15-14(7-30)28-16(33)8-35-15/h6,12,14-15H,1-5,7-11H2,(H,28,33)/t14-,15+/m1/s1. The minimum absolute atomic E-state index is 0.00269. The van der Waals surface area contributed by atoms with Gasteiger partial charge in [0.2, 0.25) is 5.91 Å². The molecule has 0 bridgehead atoms. The lowest BCUT2D eigenvalue weighted by molar-refractivity contribution is -0.149. The SMILES string of the molecule is O=C1CO[C@H]2CCN(C(=O)N3CC4(CC(Cc5cn(CC(F)(F)F)nc5C(F)(F)F)C4)C3)C[C@H]2N1. The summed E-state index contributed by atoms with van der Waals surface area (Å²) in [5, 5.41) is 6.00. The van der Waals surface area contributed by atoms with E-state index in [9.17, 15) is 35.9 Å². The van der Waals surface area contributed by atoms with Gasteiger partial charge in [-0.2, -0.15) is 31.4 Å². The smallest absolute Gasteiger partial charge is 0.366 e. The molecular weight excluding hydrogens is 484 g/mol. The fourth-order valence-corrected chi connectivity index (χ4v) is 5.97. The van der Waals surface area contributed by atoms with E-state index in [0.29, 0.717) is 50.1 Å². The Kier molecular flexibility index (Phi) is 5.72. The van der Waals surface area contributed by atoms with E-state index >= 15 is 0 Å². The molecular formula is C21H25F6N5O3. The molecule has 4 heterocycles. The highest BCUT2D eigenvalue weighted by molar-refractivity contribution is 5.79. The fourth-order valence-electron chi connectivity index (χ4n) is 5.97. The molecule has 4 aliphatic rings. The van der Waals surface area contributed by atoms with E-state index in [1.54, 1.807) is 9.80 Å². The van der Waals surface area contributed by atoms with Crippen molar-refractivity contribution in [2.75, 3.05) is 32.8 Å². The number of halogens is 6. The number of alkyl halides is 6. The Balaban J connectivity index is 1.13. The Morgan fingerprint density at radius 3 is 2.54 bits per heavy atom. The Bertz CT molecular complexity index is 995. The van der Waals surface area contributed by atoms with E-state index in [2.05, 4.69) is 10.4 Å². The number of morpholine rings is 1. The molecule has 1 spiro atoms. The van der Waals surface area contributed by atoms with Gasteiger partial charge in [0.15, 0.2) is 5.69 Å². The minimum Gasteiger partial charge on any atom is -0.366 e. The van der Waals surface area contributed by atoms with Crippen LogP contribution < -0.4 is 5.32 Å². The zero-order chi connectivity index (χ0) is 25.2. The highest BCUT2D eigenvalue weighted by Gasteiger charge is 2.55. The third kappa shape index (κ3) is 4.94. The lowest BCUT2D eigenvalue weighted by Gasteiger charge is -2.60. The van der Waals surface area contributed by atoms with Crippen LogP contribution in [-0.4, -0.2) is 82.6 Å². The van der Waals surface area contributed by atoms with Gasteiger partial charge in [-0.25, -0.2) is 4.79 Å². The van der Waals surface area contributed by atoms with E-state index in [0.717, 1.165) is 6.20 Å². The molecule has 8 nitrogen and oxygen atoms in total. The highest BCUT2D eigenvalue weighted by atomic mass is 19.4. The van der Waals surface area contributed by atoms with Gasteiger partial charge >= 0.3 is 18.4 Å². The van der Waals surface area contributed by atoms with Crippen molar-refractivity contribution in [3.8, 4) is 0 Å². The van der Waals surface area contributed by atoms with Crippen molar-refractivity contribution in [1.29, 1.82) is 0 Å². The van der Waals surface area contributed by atoms with Gasteiger partial charge in [0.25, 0.3) is 0 Å². The molecule has 2 atom stereocenters. The van der Waals surface area contributed by atoms with Crippen molar-refractivity contribution in [2.45, 2.75) is 56.7 Å². The first-order valence-electron chi connectivity index (χ1n) is 11.5. The number of likely N-dealkylation sites (tertiary alicyclic amines) is 2. The van der Waals surface area contributed by atoms with Gasteiger partial charge in [-0.05, 0) is 31.6 Å². The Morgan fingerprint density at radius 1 is 1.17 bits per heavy atom. The van der Waals surface area contributed by atoms with E-state index < -0.39 is 24.6 Å². The molecule has 35 heavy (non-hydrogen) atoms. The second-order valence-electron chi connectivity index (χ2n) is 10.2. The first-order valence-corrected chi connectivity index (χ1v) is 11.5. The first-order chi connectivity index (χ1) is 16.3. The molecule has 1 aliphatic carbocycles. The van der Waals surface area contributed by atoms with Crippen LogP contribution in [0, 0.1) is 11.3 Å². The number of ether oxygens (including phenoxy) is 1. The quantitative estimate of drug-likeness (QED) is 0.635. The fraction of sp³-hybridized carbons (Fsp3) is 0.762. The molecule has 194 valence electrons. The molecule has 1 N–H and O–H groups in total. The predicted molar refractivity (Wildman–Crippen MR) is 107 cm³/mol. The maximum absolute atomic E-state index is 13.3. The molecule has 1 aromatic heterocycles. The van der Waals surface area contributed by atoms with Crippen LogP contribution >= 0.6 is 0 Å². The molecule has 4 fully saturated rings. The van der Waals surface area contributed by atoms with Crippen LogP contribution in [0.1, 0.15) is 30.5 Å². The summed E-state index contributed by atoms with van der Waals surface area (Å²) in [7, 11) is 0. The summed E-state index contributed by atoms with van der Waals surface area (Å²) in [6, 6.07) is -0.372. The summed E-state index contributed by atoms with van der Waals surface area (Å²) < 4.78 is 83.5. The molecule has 0 unspecified atom stereocenters. The van der Waals surface area contributed by atoms with Crippen molar-refractivity contribution in [3.05, 3.63) is 17.5 Å². The van der Waals surface area contributed by atoms with Crippen molar-refractivity contribution in [1.82, 2.24) is 24.9 Å². The largest absolute Gasteiger partial charge is 0.435 e. The summed E-state index contributed by atoms with van der Waals surface area (Å²) >= 11 is 0. The number of aromatic nitrogens is 2. The lowest BCUT2D eigenvalue weighted by Crippen LogP contribution is -2.68. The van der Waals surface area contributed by atoms with Crippen LogP contribution in [0.15, 0.2) is 6.20 Å². The van der Waals surface area contributed by atoms with Gasteiger partial charge < -0.3 is 19.9 Å². The van der Waals surface area contributed by atoms with Crippen LogP contribution in [0.25, 0.3) is 0 Å².